The van der Waals surface area contributed by atoms with Gasteiger partial charge in [0.2, 0.25) is 5.75 Å². The van der Waals surface area contributed by atoms with Gasteiger partial charge in [-0.25, -0.2) is 4.39 Å². The molecule has 0 aromatic heterocycles. The molecule has 0 saturated carbocycles. The average molecular weight is 289 g/mol. The third kappa shape index (κ3) is 2.81. The molecule has 0 unspecified atom stereocenters. The van der Waals surface area contributed by atoms with Crippen molar-refractivity contribution in [3.8, 4) is 11.5 Å². The molecule has 6 nitrogen and oxygen atoms in total. The van der Waals surface area contributed by atoms with E-state index in [-0.39, 0.29) is 22.7 Å². The number of aryl methyl sites for hydroxylation is 1. The van der Waals surface area contributed by atoms with Crippen LogP contribution in [0.5, 0.6) is 11.5 Å². The molecular weight excluding hydrogens is 277 g/mol. The number of halogens is 1. The van der Waals surface area contributed by atoms with Crippen LogP contribution in [-0.2, 0) is 0 Å². The maximum atomic E-state index is 13.7. The Labute approximate surface area is 119 Å². The van der Waals surface area contributed by atoms with Gasteiger partial charge >= 0.3 is 5.69 Å². The molecule has 0 fully saturated rings. The molecule has 0 atom stereocenters. The fourth-order valence-electron chi connectivity index (χ4n) is 1.87. The third-order valence-corrected chi connectivity index (χ3v) is 2.84. The van der Waals surface area contributed by atoms with Crippen LogP contribution in [0.2, 0.25) is 0 Å². The number of hydrogen-bond acceptors (Lipinski definition) is 4. The summed E-state index contributed by atoms with van der Waals surface area (Å²) in [5.74, 6) is -1.29. The van der Waals surface area contributed by atoms with Gasteiger partial charge in [0.15, 0.2) is 0 Å². The molecule has 0 aliphatic rings. The van der Waals surface area contributed by atoms with Crippen molar-refractivity contribution in [3.05, 3.63) is 63.5 Å². The fraction of sp³-hybridized carbons (Fsp3) is 0.0714. The van der Waals surface area contributed by atoms with E-state index in [1.165, 1.54) is 24.3 Å². The minimum Gasteiger partial charge on any atom is -0.449 e. The molecule has 108 valence electrons. The highest BCUT2D eigenvalue weighted by atomic mass is 19.1. The monoisotopic (exact) mass is 289 g/mol. The summed E-state index contributed by atoms with van der Waals surface area (Å²) in [5.41, 5.74) is 5.38. The molecule has 0 amide bonds. The Kier molecular flexibility index (Phi) is 3.84. The molecule has 2 aromatic carbocycles. The summed E-state index contributed by atoms with van der Waals surface area (Å²) in [6.45, 7) is 1.63. The molecule has 0 radical (unpaired) electrons. The molecule has 0 aliphatic carbocycles. The third-order valence-electron chi connectivity index (χ3n) is 2.84. The summed E-state index contributed by atoms with van der Waals surface area (Å²) in [6, 6.07) is 8.36. The van der Waals surface area contributed by atoms with Crippen molar-refractivity contribution in [3.63, 3.8) is 0 Å². The van der Waals surface area contributed by atoms with Crippen LogP contribution in [0.3, 0.4) is 0 Å². The Morgan fingerprint density at radius 2 is 2.00 bits per heavy atom. The van der Waals surface area contributed by atoms with E-state index in [4.69, 9.17) is 15.9 Å². The lowest BCUT2D eigenvalue weighted by atomic mass is 10.1. The zero-order valence-corrected chi connectivity index (χ0v) is 11.1. The van der Waals surface area contributed by atoms with Gasteiger partial charge in [-0.15, -0.1) is 0 Å². The molecule has 2 rings (SSSR count). The van der Waals surface area contributed by atoms with Gasteiger partial charge in [0.05, 0.1) is 10.5 Å². The number of nitro benzene ring substituents is 1. The van der Waals surface area contributed by atoms with Gasteiger partial charge in [0, 0.05) is 6.07 Å². The smallest absolute Gasteiger partial charge is 0.311 e. The molecular formula is C14H12FN3O3. The van der Waals surface area contributed by atoms with Gasteiger partial charge in [-0.1, -0.05) is 18.2 Å². The van der Waals surface area contributed by atoms with Crippen molar-refractivity contribution in [1.29, 1.82) is 5.41 Å². The maximum Gasteiger partial charge on any atom is 0.311 e. The number of amidine groups is 1. The lowest BCUT2D eigenvalue weighted by molar-refractivity contribution is -0.385. The van der Waals surface area contributed by atoms with Crippen LogP contribution in [0, 0.1) is 28.3 Å². The second kappa shape index (κ2) is 5.58. The van der Waals surface area contributed by atoms with Crippen molar-refractivity contribution >= 4 is 11.5 Å². The number of rotatable bonds is 4. The molecule has 2 aromatic rings. The normalized spacial score (nSPS) is 10.2. The number of nitrogens with one attached hydrogen (secondary N) is 1. The van der Waals surface area contributed by atoms with E-state index in [2.05, 4.69) is 0 Å². The van der Waals surface area contributed by atoms with Gasteiger partial charge in [0.25, 0.3) is 0 Å². The Morgan fingerprint density at radius 1 is 1.33 bits per heavy atom. The highest BCUT2D eigenvalue weighted by Gasteiger charge is 2.20. The van der Waals surface area contributed by atoms with Crippen molar-refractivity contribution in [2.45, 2.75) is 6.92 Å². The van der Waals surface area contributed by atoms with Crippen molar-refractivity contribution in [1.82, 2.24) is 0 Å². The lowest BCUT2D eigenvalue weighted by Crippen LogP contribution is -2.14. The van der Waals surface area contributed by atoms with E-state index in [9.17, 15) is 14.5 Å². The Hall–Kier alpha value is -2.96. The standard InChI is InChI=1S/C14H12FN3O3/c1-8-4-2-6-10(18(19)20)13(8)21-11-7-3-5-9(15)12(11)14(16)17/h2-7H,1H3,(H3,16,17). The first-order valence-electron chi connectivity index (χ1n) is 5.96. The minimum absolute atomic E-state index is 0.00407. The molecule has 0 bridgehead atoms. The number of nitro groups is 1. The number of benzene rings is 2. The number of para-hydroxylation sites is 1. The van der Waals surface area contributed by atoms with Crippen LogP contribution >= 0.6 is 0 Å². The first-order valence-corrected chi connectivity index (χ1v) is 5.96. The summed E-state index contributed by atoms with van der Waals surface area (Å²) >= 11 is 0. The highest BCUT2D eigenvalue weighted by molar-refractivity contribution is 5.98. The Bertz CT molecular complexity index is 731. The molecule has 0 spiro atoms. The first-order chi connectivity index (χ1) is 9.91. The molecule has 0 heterocycles. The van der Waals surface area contributed by atoms with Crippen molar-refractivity contribution in [2.75, 3.05) is 0 Å². The second-order valence-electron chi connectivity index (χ2n) is 4.31. The van der Waals surface area contributed by atoms with Crippen LogP contribution < -0.4 is 10.5 Å². The number of nitrogens with zero attached hydrogens (tertiary/aromatic N) is 1. The van der Waals surface area contributed by atoms with E-state index in [0.29, 0.717) is 5.56 Å². The predicted molar refractivity (Wildman–Crippen MR) is 75.3 cm³/mol. The van der Waals surface area contributed by atoms with Crippen LogP contribution in [0.15, 0.2) is 36.4 Å². The fourth-order valence-corrected chi connectivity index (χ4v) is 1.87. The summed E-state index contributed by atoms with van der Waals surface area (Å²) in [5, 5.41) is 18.4. The lowest BCUT2D eigenvalue weighted by Gasteiger charge is -2.12. The summed E-state index contributed by atoms with van der Waals surface area (Å²) in [7, 11) is 0. The number of hydrogen-bond donors (Lipinski definition) is 2. The van der Waals surface area contributed by atoms with E-state index < -0.39 is 16.6 Å². The average Bonchev–Trinajstić information content (AvgIpc) is 2.40. The molecule has 3 N–H and O–H groups in total. The van der Waals surface area contributed by atoms with Gasteiger partial charge in [-0.2, -0.15) is 0 Å². The van der Waals surface area contributed by atoms with E-state index in [0.717, 1.165) is 6.07 Å². The minimum atomic E-state index is -0.726. The SMILES string of the molecule is Cc1cccc([N+](=O)[O-])c1Oc1cccc(F)c1C(=N)N. The Morgan fingerprint density at radius 3 is 2.62 bits per heavy atom. The number of nitrogens with two attached hydrogens (primary N) is 1. The summed E-state index contributed by atoms with van der Waals surface area (Å²) in [4.78, 5) is 10.4. The molecule has 21 heavy (non-hydrogen) atoms. The van der Waals surface area contributed by atoms with Crippen LogP contribution in [0.1, 0.15) is 11.1 Å². The van der Waals surface area contributed by atoms with Crippen LogP contribution in [-0.4, -0.2) is 10.8 Å². The largest absolute Gasteiger partial charge is 0.449 e. The van der Waals surface area contributed by atoms with Gasteiger partial charge < -0.3 is 10.5 Å². The quantitative estimate of drug-likeness (QED) is 0.390. The topological polar surface area (TPSA) is 102 Å². The molecule has 0 aliphatic heterocycles. The predicted octanol–water partition coefficient (Wildman–Crippen LogP) is 3.12. The van der Waals surface area contributed by atoms with Crippen LogP contribution in [0.4, 0.5) is 10.1 Å². The molecule has 7 heteroatoms. The van der Waals surface area contributed by atoms with Crippen LogP contribution in [0.25, 0.3) is 0 Å². The summed E-state index contributed by atoms with van der Waals surface area (Å²) < 4.78 is 19.2. The van der Waals surface area contributed by atoms with E-state index >= 15 is 0 Å². The highest BCUT2D eigenvalue weighted by Crippen LogP contribution is 2.36. The zero-order chi connectivity index (χ0) is 15.6. The van der Waals surface area contributed by atoms with Gasteiger partial charge in [-0.3, -0.25) is 15.5 Å². The maximum absolute atomic E-state index is 13.7. The van der Waals surface area contributed by atoms with E-state index in [1.54, 1.807) is 13.0 Å². The second-order valence-corrected chi connectivity index (χ2v) is 4.31. The zero-order valence-electron chi connectivity index (χ0n) is 11.1. The number of ether oxygens (including phenoxy) is 1. The summed E-state index contributed by atoms with van der Waals surface area (Å²) in [6.07, 6.45) is 0. The first kappa shape index (κ1) is 14.4. The van der Waals surface area contributed by atoms with Crippen molar-refractivity contribution < 1.29 is 14.1 Å². The van der Waals surface area contributed by atoms with E-state index in [1.807, 2.05) is 0 Å². The Balaban J connectivity index is 2.56. The van der Waals surface area contributed by atoms with Gasteiger partial charge in [-0.05, 0) is 24.6 Å². The van der Waals surface area contributed by atoms with Crippen molar-refractivity contribution in [2.24, 2.45) is 5.73 Å². The van der Waals surface area contributed by atoms with Gasteiger partial charge in [0.1, 0.15) is 17.4 Å². The molecule has 0 saturated heterocycles. The number of nitrogen functional groups attached to an aromatic ring is 1.